The van der Waals surface area contributed by atoms with Gasteiger partial charge in [-0.25, -0.2) is 4.79 Å². The van der Waals surface area contributed by atoms with Gasteiger partial charge in [-0.05, 0) is 43.7 Å². The molecule has 0 bridgehead atoms. The summed E-state index contributed by atoms with van der Waals surface area (Å²) < 4.78 is 5.45. The minimum atomic E-state index is -1.36. The number of benzene rings is 2. The topological polar surface area (TPSA) is 162 Å². The molecule has 4 amide bonds. The molecule has 0 spiro atoms. The lowest BCUT2D eigenvalue weighted by atomic mass is 9.85. The van der Waals surface area contributed by atoms with Crippen LogP contribution in [0.4, 0.5) is 4.79 Å². The summed E-state index contributed by atoms with van der Waals surface area (Å²) in [5.74, 6) is -2.16. The van der Waals surface area contributed by atoms with Crippen molar-refractivity contribution in [1.82, 2.24) is 20.9 Å². The quantitative estimate of drug-likeness (QED) is 0.143. The number of fused-ring (bicyclic) bond motifs is 3. The molecule has 2 aromatic rings. The van der Waals surface area contributed by atoms with Crippen LogP contribution in [0.15, 0.2) is 66.3 Å². The Morgan fingerprint density at radius 2 is 1.60 bits per heavy atom. The maximum absolute atomic E-state index is 14.3. The van der Waals surface area contributed by atoms with Crippen molar-refractivity contribution >= 4 is 29.5 Å². The number of ether oxygens (including phenoxy) is 1. The molecule has 252 valence electrons. The predicted octanol–water partition coefficient (Wildman–Crippen LogP) is 4.00. The molecule has 2 fully saturated rings. The maximum atomic E-state index is 14.3. The van der Waals surface area contributed by atoms with E-state index in [1.807, 2.05) is 48.5 Å². The minimum Gasteiger partial charge on any atom is -0.444 e. The van der Waals surface area contributed by atoms with Gasteiger partial charge in [0.05, 0.1) is 6.54 Å². The smallest absolute Gasteiger partial charge is 0.408 e. The third-order valence-electron chi connectivity index (χ3n) is 8.79. The first-order chi connectivity index (χ1) is 22.6. The molecule has 0 aromatic heterocycles. The molecule has 5 atom stereocenters. The van der Waals surface area contributed by atoms with Crippen molar-refractivity contribution in [2.45, 2.75) is 83.7 Å². The third-order valence-corrected chi connectivity index (χ3v) is 8.79. The standard InChI is InChI=1S/C36H42N6O6/c1-8-21-18-36(21,32(45)38-20-37)40-30(43)27-17-22(19-42(27)31(44)29(34(2,3)4)39-33(46)47-35(5,6)7)48-41-28-25-15-11-9-13-23(25)24-14-10-12-16-26(24)28/h8-16,21-22,27,29H,1,17-19H2,2-7H3,(H,38,45)(H,39,46)(H,40,43)/t21?,22-,27+,29+,36-/m1/s1. The number of carbonyl (C=O) groups excluding carboxylic acids is 4. The number of nitrogens with zero attached hydrogens (tertiary/aromatic N) is 3. The van der Waals surface area contributed by atoms with Gasteiger partial charge in [0, 0.05) is 23.5 Å². The number of oxime groups is 1. The molecular weight excluding hydrogens is 612 g/mol. The molecule has 2 aliphatic carbocycles. The van der Waals surface area contributed by atoms with E-state index in [0.29, 0.717) is 5.71 Å². The largest absolute Gasteiger partial charge is 0.444 e. The van der Waals surface area contributed by atoms with Gasteiger partial charge >= 0.3 is 6.09 Å². The summed E-state index contributed by atoms with van der Waals surface area (Å²) in [6, 6.07) is 13.6. The van der Waals surface area contributed by atoms with Gasteiger partial charge in [-0.1, -0.05) is 80.5 Å². The Morgan fingerprint density at radius 3 is 2.10 bits per heavy atom. The highest BCUT2D eigenvalue weighted by Gasteiger charge is 2.61. The van der Waals surface area contributed by atoms with Crippen LogP contribution in [0.5, 0.6) is 0 Å². The summed E-state index contributed by atoms with van der Waals surface area (Å²) in [7, 11) is 0. The Morgan fingerprint density at radius 1 is 1.02 bits per heavy atom. The number of nitriles is 1. The van der Waals surface area contributed by atoms with Crippen molar-refractivity contribution in [3.8, 4) is 17.3 Å². The highest BCUT2D eigenvalue weighted by Crippen LogP contribution is 2.45. The van der Waals surface area contributed by atoms with Crippen LogP contribution >= 0.6 is 0 Å². The van der Waals surface area contributed by atoms with E-state index in [1.54, 1.807) is 53.8 Å². The van der Waals surface area contributed by atoms with E-state index in [1.165, 1.54) is 4.90 Å². The number of hydrogen-bond donors (Lipinski definition) is 3. The van der Waals surface area contributed by atoms with Crippen molar-refractivity contribution in [1.29, 1.82) is 5.26 Å². The number of hydrogen-bond acceptors (Lipinski definition) is 8. The molecule has 12 nitrogen and oxygen atoms in total. The van der Waals surface area contributed by atoms with Gasteiger partial charge in [0.25, 0.3) is 5.91 Å². The van der Waals surface area contributed by atoms with Gasteiger partial charge in [-0.3, -0.25) is 19.7 Å². The van der Waals surface area contributed by atoms with Gasteiger partial charge in [0.1, 0.15) is 35.0 Å². The molecule has 1 saturated carbocycles. The zero-order valence-corrected chi connectivity index (χ0v) is 28.1. The van der Waals surface area contributed by atoms with E-state index in [9.17, 15) is 19.2 Å². The van der Waals surface area contributed by atoms with E-state index in [-0.39, 0.29) is 19.4 Å². The van der Waals surface area contributed by atoms with Crippen molar-refractivity contribution in [3.05, 3.63) is 72.3 Å². The highest BCUT2D eigenvalue weighted by atomic mass is 16.6. The fraction of sp³-hybridized carbons (Fsp3) is 0.444. The highest BCUT2D eigenvalue weighted by molar-refractivity contribution is 6.24. The van der Waals surface area contributed by atoms with E-state index < -0.39 is 64.5 Å². The van der Waals surface area contributed by atoms with Crippen LogP contribution in [0.25, 0.3) is 11.1 Å². The minimum absolute atomic E-state index is 0.0121. The summed E-state index contributed by atoms with van der Waals surface area (Å²) >= 11 is 0. The van der Waals surface area contributed by atoms with E-state index in [2.05, 4.69) is 27.7 Å². The van der Waals surface area contributed by atoms with E-state index >= 15 is 0 Å². The molecule has 48 heavy (non-hydrogen) atoms. The van der Waals surface area contributed by atoms with Crippen molar-refractivity contribution in [2.75, 3.05) is 6.54 Å². The molecule has 0 radical (unpaired) electrons. The molecule has 1 unspecified atom stereocenters. The van der Waals surface area contributed by atoms with E-state index in [0.717, 1.165) is 22.3 Å². The Hall–Kier alpha value is -5.18. The normalized spacial score (nSPS) is 23.1. The fourth-order valence-electron chi connectivity index (χ4n) is 6.32. The SMILES string of the molecule is C=CC1C[C@]1(NC(=O)[C@@H]1C[C@@H](ON=C2c3ccccc3-c3ccccc32)CN1C(=O)[C@H](NC(=O)OC(C)(C)C)C(C)(C)C)C(=O)NC#N. The first-order valence-electron chi connectivity index (χ1n) is 16.0. The second-order valence-electron chi connectivity index (χ2n) is 14.5. The number of alkyl carbamates (subject to hydrolysis) is 1. The number of amides is 4. The van der Waals surface area contributed by atoms with Crippen molar-refractivity contribution in [2.24, 2.45) is 16.5 Å². The Kier molecular flexibility index (Phi) is 9.10. The van der Waals surface area contributed by atoms with Gasteiger partial charge in [0.2, 0.25) is 11.8 Å². The number of rotatable bonds is 8. The molecule has 1 aliphatic heterocycles. The van der Waals surface area contributed by atoms with Crippen LogP contribution in [-0.4, -0.2) is 70.3 Å². The summed E-state index contributed by atoms with van der Waals surface area (Å²) in [4.78, 5) is 61.5. The lowest BCUT2D eigenvalue weighted by Crippen LogP contribution is -2.60. The van der Waals surface area contributed by atoms with Crippen LogP contribution in [-0.2, 0) is 24.0 Å². The molecule has 5 rings (SSSR count). The van der Waals surface area contributed by atoms with E-state index in [4.69, 9.17) is 14.8 Å². The van der Waals surface area contributed by atoms with Crippen molar-refractivity contribution in [3.63, 3.8) is 0 Å². The van der Waals surface area contributed by atoms with Gasteiger partial charge < -0.3 is 25.1 Å². The number of likely N-dealkylation sites (tertiary alicyclic amines) is 1. The van der Waals surface area contributed by atoms with Crippen LogP contribution in [0, 0.1) is 22.8 Å². The average molecular weight is 655 g/mol. The molecule has 2 aromatic carbocycles. The summed E-state index contributed by atoms with van der Waals surface area (Å²) in [6.45, 7) is 14.3. The number of nitrogens with one attached hydrogen (secondary N) is 3. The summed E-state index contributed by atoms with van der Waals surface area (Å²) in [6.07, 6.45) is 2.03. The lowest BCUT2D eigenvalue weighted by molar-refractivity contribution is -0.143. The second-order valence-corrected chi connectivity index (χ2v) is 14.5. The molecular formula is C36H42N6O6. The van der Waals surface area contributed by atoms with Gasteiger partial charge in [0.15, 0.2) is 6.19 Å². The second kappa shape index (κ2) is 12.8. The molecule has 1 heterocycles. The fourth-order valence-corrected chi connectivity index (χ4v) is 6.32. The molecule has 3 N–H and O–H groups in total. The van der Waals surface area contributed by atoms with Gasteiger partial charge in [-0.15, -0.1) is 6.58 Å². The predicted molar refractivity (Wildman–Crippen MR) is 178 cm³/mol. The zero-order valence-electron chi connectivity index (χ0n) is 28.1. The van der Waals surface area contributed by atoms with Crippen LogP contribution in [0.1, 0.15) is 65.5 Å². The summed E-state index contributed by atoms with van der Waals surface area (Å²) in [5.41, 5.74) is 1.57. The first kappa shape index (κ1) is 34.2. The van der Waals surface area contributed by atoms with Crippen LogP contribution < -0.4 is 16.0 Å². The average Bonchev–Trinajstić information content (AvgIpc) is 3.40. The molecule has 3 aliphatic rings. The van der Waals surface area contributed by atoms with Crippen LogP contribution in [0.3, 0.4) is 0 Å². The molecule has 1 saturated heterocycles. The first-order valence-corrected chi connectivity index (χ1v) is 16.0. The monoisotopic (exact) mass is 654 g/mol. The maximum Gasteiger partial charge on any atom is 0.408 e. The Balaban J connectivity index is 1.45. The van der Waals surface area contributed by atoms with Crippen molar-refractivity contribution < 1.29 is 28.8 Å². The third kappa shape index (κ3) is 6.76. The summed E-state index contributed by atoms with van der Waals surface area (Å²) in [5, 5.41) is 21.3. The Labute approximate surface area is 280 Å². The van der Waals surface area contributed by atoms with Gasteiger partial charge in [-0.2, -0.15) is 5.26 Å². The zero-order chi connectivity index (χ0) is 35.0. The van der Waals surface area contributed by atoms with Crippen LogP contribution in [0.2, 0.25) is 0 Å². The Bertz CT molecular complexity index is 1670. The molecule has 12 heteroatoms. The lowest BCUT2D eigenvalue weighted by Gasteiger charge is -2.35. The number of carbonyl (C=O) groups is 4.